The highest BCUT2D eigenvalue weighted by Crippen LogP contribution is 2.15. The lowest BCUT2D eigenvalue weighted by atomic mass is 9.98. The van der Waals surface area contributed by atoms with E-state index in [1.807, 2.05) is 11.9 Å². The van der Waals surface area contributed by atoms with Gasteiger partial charge in [-0.1, -0.05) is 0 Å². The van der Waals surface area contributed by atoms with E-state index in [9.17, 15) is 4.79 Å². The van der Waals surface area contributed by atoms with E-state index in [2.05, 4.69) is 10.2 Å². The molecule has 0 aromatic heterocycles. The molecule has 104 valence electrons. The topological polar surface area (TPSA) is 44.8 Å². The molecule has 0 aliphatic carbocycles. The lowest BCUT2D eigenvalue weighted by Crippen LogP contribution is -2.48. The van der Waals surface area contributed by atoms with E-state index in [4.69, 9.17) is 4.74 Å². The quantitative estimate of drug-likeness (QED) is 0.754. The van der Waals surface area contributed by atoms with Crippen LogP contribution in [0.25, 0.3) is 0 Å². The predicted octanol–water partition coefficient (Wildman–Crippen LogP) is -0.223. The molecular weight excluding hydrogens is 230 g/mol. The SMILES string of the molecule is CNCC1CCCN(CC(=O)N2CCOCC2)C1. The number of morpholine rings is 1. The number of amides is 1. The molecule has 0 aromatic rings. The fourth-order valence-electron chi connectivity index (χ4n) is 2.85. The predicted molar refractivity (Wildman–Crippen MR) is 70.5 cm³/mol. The maximum atomic E-state index is 12.1. The summed E-state index contributed by atoms with van der Waals surface area (Å²) in [6.07, 6.45) is 2.49. The Morgan fingerprint density at radius 3 is 2.83 bits per heavy atom. The van der Waals surface area contributed by atoms with Crippen LogP contribution in [0, 0.1) is 5.92 Å². The number of ether oxygens (including phenoxy) is 1. The Morgan fingerprint density at radius 2 is 2.11 bits per heavy atom. The number of carbonyl (C=O) groups is 1. The van der Waals surface area contributed by atoms with Crippen LogP contribution in [-0.2, 0) is 9.53 Å². The van der Waals surface area contributed by atoms with Crippen molar-refractivity contribution in [1.29, 1.82) is 0 Å². The van der Waals surface area contributed by atoms with Crippen molar-refractivity contribution in [3.8, 4) is 0 Å². The van der Waals surface area contributed by atoms with Crippen molar-refractivity contribution in [2.24, 2.45) is 5.92 Å². The standard InChI is InChI=1S/C13H25N3O2/c1-14-9-12-3-2-4-15(10-12)11-13(17)16-5-7-18-8-6-16/h12,14H,2-11H2,1H3. The third kappa shape index (κ3) is 3.93. The number of piperidine rings is 1. The molecule has 0 spiro atoms. The molecule has 2 rings (SSSR count). The zero-order valence-corrected chi connectivity index (χ0v) is 11.4. The van der Waals surface area contributed by atoms with Gasteiger partial charge in [-0.05, 0) is 38.9 Å². The fraction of sp³-hybridized carbons (Fsp3) is 0.923. The highest BCUT2D eigenvalue weighted by atomic mass is 16.5. The number of hydrogen-bond donors (Lipinski definition) is 1. The third-order valence-corrected chi connectivity index (χ3v) is 3.82. The first kappa shape index (κ1) is 13.8. The van der Waals surface area contributed by atoms with Crippen LogP contribution < -0.4 is 5.32 Å². The highest BCUT2D eigenvalue weighted by molar-refractivity contribution is 5.78. The molecule has 0 radical (unpaired) electrons. The first-order valence-electron chi connectivity index (χ1n) is 7.02. The van der Waals surface area contributed by atoms with Crippen LogP contribution in [0.3, 0.4) is 0 Å². The van der Waals surface area contributed by atoms with Gasteiger partial charge in [-0.3, -0.25) is 9.69 Å². The van der Waals surface area contributed by atoms with Gasteiger partial charge >= 0.3 is 0 Å². The Bertz CT molecular complexity index is 265. The van der Waals surface area contributed by atoms with Crippen LogP contribution in [0.2, 0.25) is 0 Å². The second-order valence-corrected chi connectivity index (χ2v) is 5.29. The third-order valence-electron chi connectivity index (χ3n) is 3.82. The van der Waals surface area contributed by atoms with Crippen molar-refractivity contribution in [2.75, 3.05) is 59.5 Å². The molecule has 2 fully saturated rings. The summed E-state index contributed by atoms with van der Waals surface area (Å²) < 4.78 is 5.27. The Kier molecular flexibility index (Phi) is 5.41. The van der Waals surface area contributed by atoms with Gasteiger partial charge in [0.15, 0.2) is 0 Å². The Morgan fingerprint density at radius 1 is 1.33 bits per heavy atom. The first-order chi connectivity index (χ1) is 8.79. The molecular formula is C13H25N3O2. The van der Waals surface area contributed by atoms with Crippen LogP contribution >= 0.6 is 0 Å². The molecule has 1 atom stereocenters. The maximum absolute atomic E-state index is 12.1. The van der Waals surface area contributed by atoms with E-state index in [0.29, 0.717) is 25.7 Å². The van der Waals surface area contributed by atoms with Crippen molar-refractivity contribution < 1.29 is 9.53 Å². The Balaban J connectivity index is 1.75. The zero-order valence-electron chi connectivity index (χ0n) is 11.4. The van der Waals surface area contributed by atoms with Gasteiger partial charge in [0.05, 0.1) is 19.8 Å². The summed E-state index contributed by atoms with van der Waals surface area (Å²) in [5.74, 6) is 0.963. The molecule has 0 bridgehead atoms. The van der Waals surface area contributed by atoms with E-state index >= 15 is 0 Å². The van der Waals surface area contributed by atoms with Gasteiger partial charge in [0.25, 0.3) is 0 Å². The van der Waals surface area contributed by atoms with Crippen LogP contribution in [0.4, 0.5) is 0 Å². The molecule has 2 saturated heterocycles. The van der Waals surface area contributed by atoms with Crippen molar-refractivity contribution in [2.45, 2.75) is 12.8 Å². The number of nitrogens with zero attached hydrogens (tertiary/aromatic N) is 2. The number of likely N-dealkylation sites (tertiary alicyclic amines) is 1. The summed E-state index contributed by atoms with van der Waals surface area (Å²) in [7, 11) is 2.00. The van der Waals surface area contributed by atoms with Gasteiger partial charge in [0.1, 0.15) is 0 Å². The molecule has 2 aliphatic heterocycles. The highest BCUT2D eigenvalue weighted by Gasteiger charge is 2.24. The summed E-state index contributed by atoms with van der Waals surface area (Å²) in [4.78, 5) is 16.4. The minimum atomic E-state index is 0.267. The lowest BCUT2D eigenvalue weighted by molar-refractivity contribution is -0.136. The summed E-state index contributed by atoms with van der Waals surface area (Å²) in [5, 5.41) is 3.24. The van der Waals surface area contributed by atoms with Crippen LogP contribution in [0.15, 0.2) is 0 Å². The summed E-state index contributed by atoms with van der Waals surface area (Å²) in [6.45, 7) is 6.65. The van der Waals surface area contributed by atoms with Crippen LogP contribution in [0.5, 0.6) is 0 Å². The molecule has 1 N–H and O–H groups in total. The normalized spacial score (nSPS) is 26.3. The van der Waals surface area contributed by atoms with Gasteiger partial charge < -0.3 is 15.0 Å². The Labute approximate surface area is 109 Å². The average molecular weight is 255 g/mol. The molecule has 1 unspecified atom stereocenters. The van der Waals surface area contributed by atoms with E-state index in [0.717, 1.165) is 32.7 Å². The second kappa shape index (κ2) is 7.07. The van der Waals surface area contributed by atoms with Crippen molar-refractivity contribution in [3.63, 3.8) is 0 Å². The van der Waals surface area contributed by atoms with Crippen molar-refractivity contribution >= 4 is 5.91 Å². The molecule has 0 saturated carbocycles. The largest absolute Gasteiger partial charge is 0.378 e. The van der Waals surface area contributed by atoms with Gasteiger partial charge in [-0.15, -0.1) is 0 Å². The number of rotatable bonds is 4. The summed E-state index contributed by atoms with van der Waals surface area (Å²) >= 11 is 0. The average Bonchev–Trinajstić information content (AvgIpc) is 2.40. The summed E-state index contributed by atoms with van der Waals surface area (Å²) in [6, 6.07) is 0. The Hall–Kier alpha value is -0.650. The molecule has 2 heterocycles. The molecule has 18 heavy (non-hydrogen) atoms. The van der Waals surface area contributed by atoms with E-state index in [1.54, 1.807) is 0 Å². The van der Waals surface area contributed by atoms with Crippen molar-refractivity contribution in [1.82, 2.24) is 15.1 Å². The smallest absolute Gasteiger partial charge is 0.236 e. The minimum Gasteiger partial charge on any atom is -0.378 e. The lowest BCUT2D eigenvalue weighted by Gasteiger charge is -2.34. The number of carbonyl (C=O) groups excluding carboxylic acids is 1. The van der Waals surface area contributed by atoms with Gasteiger partial charge in [-0.25, -0.2) is 0 Å². The molecule has 5 heteroatoms. The number of nitrogens with one attached hydrogen (secondary N) is 1. The molecule has 5 nitrogen and oxygen atoms in total. The van der Waals surface area contributed by atoms with Crippen molar-refractivity contribution in [3.05, 3.63) is 0 Å². The fourth-order valence-corrected chi connectivity index (χ4v) is 2.85. The molecule has 2 aliphatic rings. The van der Waals surface area contributed by atoms with Gasteiger partial charge in [-0.2, -0.15) is 0 Å². The zero-order chi connectivity index (χ0) is 12.8. The van der Waals surface area contributed by atoms with E-state index in [1.165, 1.54) is 12.8 Å². The monoisotopic (exact) mass is 255 g/mol. The van der Waals surface area contributed by atoms with Gasteiger partial charge in [0.2, 0.25) is 5.91 Å². The van der Waals surface area contributed by atoms with Crippen LogP contribution in [0.1, 0.15) is 12.8 Å². The van der Waals surface area contributed by atoms with E-state index in [-0.39, 0.29) is 5.91 Å². The number of hydrogen-bond acceptors (Lipinski definition) is 4. The minimum absolute atomic E-state index is 0.267. The van der Waals surface area contributed by atoms with Crippen LogP contribution in [-0.4, -0.2) is 75.2 Å². The molecule has 1 amide bonds. The maximum Gasteiger partial charge on any atom is 0.236 e. The second-order valence-electron chi connectivity index (χ2n) is 5.29. The summed E-state index contributed by atoms with van der Waals surface area (Å²) in [5.41, 5.74) is 0. The molecule has 0 aromatic carbocycles. The van der Waals surface area contributed by atoms with E-state index < -0.39 is 0 Å². The first-order valence-corrected chi connectivity index (χ1v) is 7.02. The van der Waals surface area contributed by atoms with Gasteiger partial charge in [0, 0.05) is 19.6 Å².